The molecule has 0 aliphatic carbocycles. The standard InChI is InChI=1S/C21H19N5O2S/c22-19-7-1-14(15-9-10-29-13-15)11-20(19)23-21(28)8-2-16-12-26(25-24-16)17-3-5-18(27)6-4-17/h1,3-7,9-13,27H,2,8,22H2,(H,23,28). The minimum atomic E-state index is -0.140. The zero-order valence-electron chi connectivity index (χ0n) is 15.4. The van der Waals surface area contributed by atoms with Crippen LogP contribution in [0.25, 0.3) is 16.8 Å². The lowest BCUT2D eigenvalue weighted by molar-refractivity contribution is -0.116. The number of rotatable bonds is 6. The summed E-state index contributed by atoms with van der Waals surface area (Å²) in [6.45, 7) is 0. The third kappa shape index (κ3) is 4.44. The highest BCUT2D eigenvalue weighted by Crippen LogP contribution is 2.28. The summed E-state index contributed by atoms with van der Waals surface area (Å²) in [7, 11) is 0. The highest BCUT2D eigenvalue weighted by atomic mass is 32.1. The average Bonchev–Trinajstić information content (AvgIpc) is 3.41. The molecule has 4 N–H and O–H groups in total. The zero-order chi connectivity index (χ0) is 20.2. The first-order valence-electron chi connectivity index (χ1n) is 9.01. The molecule has 7 nitrogen and oxygen atoms in total. The van der Waals surface area contributed by atoms with E-state index in [-0.39, 0.29) is 18.1 Å². The van der Waals surface area contributed by atoms with Crippen molar-refractivity contribution in [3.05, 3.63) is 71.2 Å². The van der Waals surface area contributed by atoms with Crippen molar-refractivity contribution in [3.63, 3.8) is 0 Å². The molecule has 0 atom stereocenters. The van der Waals surface area contributed by atoms with E-state index in [9.17, 15) is 9.90 Å². The molecule has 0 radical (unpaired) electrons. The summed E-state index contributed by atoms with van der Waals surface area (Å²) >= 11 is 1.62. The van der Waals surface area contributed by atoms with Gasteiger partial charge < -0.3 is 16.2 Å². The van der Waals surface area contributed by atoms with Crippen LogP contribution in [0.1, 0.15) is 12.1 Å². The van der Waals surface area contributed by atoms with Gasteiger partial charge in [0.1, 0.15) is 5.75 Å². The topological polar surface area (TPSA) is 106 Å². The summed E-state index contributed by atoms with van der Waals surface area (Å²) in [4.78, 5) is 12.4. The highest BCUT2D eigenvalue weighted by molar-refractivity contribution is 7.08. The molecule has 0 aliphatic heterocycles. The second-order valence-corrected chi connectivity index (χ2v) is 7.31. The molecule has 2 aromatic carbocycles. The largest absolute Gasteiger partial charge is 0.508 e. The Morgan fingerprint density at radius 2 is 1.97 bits per heavy atom. The van der Waals surface area contributed by atoms with Crippen LogP contribution in [0, 0.1) is 0 Å². The van der Waals surface area contributed by atoms with Crippen molar-refractivity contribution in [2.75, 3.05) is 11.1 Å². The number of nitrogens with two attached hydrogens (primary N) is 1. The Hall–Kier alpha value is -3.65. The summed E-state index contributed by atoms with van der Waals surface area (Å²) in [5.41, 5.74) is 10.7. The molecule has 4 aromatic rings. The number of nitrogen functional groups attached to an aromatic ring is 1. The highest BCUT2D eigenvalue weighted by Gasteiger charge is 2.10. The number of benzene rings is 2. The Morgan fingerprint density at radius 1 is 1.14 bits per heavy atom. The number of amides is 1. The molecule has 0 saturated carbocycles. The first-order valence-corrected chi connectivity index (χ1v) is 9.95. The lowest BCUT2D eigenvalue weighted by atomic mass is 10.1. The van der Waals surface area contributed by atoms with E-state index in [4.69, 9.17) is 5.73 Å². The number of phenolic OH excluding ortho intramolecular Hbond substituents is 1. The SMILES string of the molecule is Nc1ccc(-c2ccsc2)cc1NC(=O)CCc1cn(-c2ccc(O)cc2)nn1. The first kappa shape index (κ1) is 18.7. The van der Waals surface area contributed by atoms with Crippen molar-refractivity contribution in [3.8, 4) is 22.6 Å². The number of thiophene rings is 1. The number of aryl methyl sites for hydroxylation is 1. The summed E-state index contributed by atoms with van der Waals surface area (Å²) in [5, 5.41) is 24.5. The second-order valence-electron chi connectivity index (χ2n) is 6.53. The Kier molecular flexibility index (Phi) is 5.26. The van der Waals surface area contributed by atoms with E-state index in [1.807, 2.05) is 23.6 Å². The minimum absolute atomic E-state index is 0.140. The Morgan fingerprint density at radius 3 is 2.72 bits per heavy atom. The molecule has 146 valence electrons. The molecular formula is C21H19N5O2S. The van der Waals surface area contributed by atoms with Crippen LogP contribution < -0.4 is 11.1 Å². The number of carbonyl (C=O) groups excluding carboxylic acids is 1. The van der Waals surface area contributed by atoms with E-state index in [2.05, 4.69) is 21.0 Å². The fourth-order valence-corrected chi connectivity index (χ4v) is 3.54. The fourth-order valence-electron chi connectivity index (χ4n) is 2.87. The van der Waals surface area contributed by atoms with Crippen molar-refractivity contribution in [2.24, 2.45) is 0 Å². The van der Waals surface area contributed by atoms with Crippen LogP contribution >= 0.6 is 11.3 Å². The molecule has 0 spiro atoms. The van der Waals surface area contributed by atoms with Crippen LogP contribution in [0.5, 0.6) is 5.75 Å². The molecule has 2 heterocycles. The van der Waals surface area contributed by atoms with Crippen LogP contribution in [-0.4, -0.2) is 26.0 Å². The number of nitrogens with zero attached hydrogens (tertiary/aromatic N) is 3. The van der Waals surface area contributed by atoms with Gasteiger partial charge in [-0.25, -0.2) is 4.68 Å². The molecule has 8 heteroatoms. The van der Waals surface area contributed by atoms with Gasteiger partial charge in [0.15, 0.2) is 0 Å². The molecule has 0 unspecified atom stereocenters. The molecule has 0 bridgehead atoms. The van der Waals surface area contributed by atoms with Crippen LogP contribution in [-0.2, 0) is 11.2 Å². The third-order valence-corrected chi connectivity index (χ3v) is 5.13. The van der Waals surface area contributed by atoms with Gasteiger partial charge >= 0.3 is 0 Å². The number of hydrogen-bond acceptors (Lipinski definition) is 6. The number of aromatic hydroxyl groups is 1. The number of aromatic nitrogens is 3. The van der Waals surface area contributed by atoms with Crippen molar-refractivity contribution in [1.29, 1.82) is 0 Å². The maximum absolute atomic E-state index is 12.4. The lowest BCUT2D eigenvalue weighted by Gasteiger charge is -2.10. The van der Waals surface area contributed by atoms with Crippen LogP contribution in [0.3, 0.4) is 0 Å². The molecular weight excluding hydrogens is 386 g/mol. The average molecular weight is 405 g/mol. The van der Waals surface area contributed by atoms with Crippen LogP contribution in [0.2, 0.25) is 0 Å². The monoisotopic (exact) mass is 405 g/mol. The van der Waals surface area contributed by atoms with Gasteiger partial charge in [0.2, 0.25) is 5.91 Å². The predicted molar refractivity (Wildman–Crippen MR) is 114 cm³/mol. The van der Waals surface area contributed by atoms with Gasteiger partial charge in [-0.2, -0.15) is 11.3 Å². The van der Waals surface area contributed by atoms with Gasteiger partial charge in [0, 0.05) is 12.8 Å². The number of phenols is 1. The quantitative estimate of drug-likeness (QED) is 0.423. The van der Waals surface area contributed by atoms with Crippen LogP contribution in [0.15, 0.2) is 65.5 Å². The van der Waals surface area contributed by atoms with E-state index in [1.54, 1.807) is 52.5 Å². The molecule has 0 saturated heterocycles. The first-order chi connectivity index (χ1) is 14.1. The van der Waals surface area contributed by atoms with Crippen molar-refractivity contribution < 1.29 is 9.90 Å². The third-order valence-electron chi connectivity index (χ3n) is 4.45. The van der Waals surface area contributed by atoms with Crippen LogP contribution in [0.4, 0.5) is 11.4 Å². The van der Waals surface area contributed by atoms with Crippen molar-refractivity contribution in [1.82, 2.24) is 15.0 Å². The van der Waals surface area contributed by atoms with Gasteiger partial charge in [0.05, 0.1) is 29.0 Å². The maximum Gasteiger partial charge on any atom is 0.224 e. The predicted octanol–water partition coefficient (Wildman–Crippen LogP) is 3.85. The Bertz CT molecular complexity index is 1120. The Balaban J connectivity index is 1.38. The molecule has 2 aromatic heterocycles. The summed E-state index contributed by atoms with van der Waals surface area (Å²) < 4.78 is 1.61. The number of nitrogens with one attached hydrogen (secondary N) is 1. The number of anilines is 2. The normalized spacial score (nSPS) is 10.8. The van der Waals surface area contributed by atoms with E-state index in [1.165, 1.54) is 0 Å². The van der Waals surface area contributed by atoms with E-state index < -0.39 is 0 Å². The summed E-state index contributed by atoms with van der Waals surface area (Å²) in [6, 6.07) is 14.3. The number of hydrogen-bond donors (Lipinski definition) is 3. The van der Waals surface area contributed by atoms with E-state index in [0.29, 0.717) is 23.5 Å². The Labute approximate surface area is 171 Å². The van der Waals surface area contributed by atoms with Gasteiger partial charge in [-0.3, -0.25) is 4.79 Å². The van der Waals surface area contributed by atoms with Gasteiger partial charge in [-0.05, 0) is 64.4 Å². The molecule has 0 fully saturated rings. The lowest BCUT2D eigenvalue weighted by Crippen LogP contribution is -2.13. The molecule has 4 rings (SSSR count). The van der Waals surface area contributed by atoms with Gasteiger partial charge in [0.25, 0.3) is 0 Å². The van der Waals surface area contributed by atoms with Crippen molar-refractivity contribution in [2.45, 2.75) is 12.8 Å². The van der Waals surface area contributed by atoms with E-state index >= 15 is 0 Å². The second kappa shape index (κ2) is 8.15. The number of carbonyl (C=O) groups is 1. The summed E-state index contributed by atoms with van der Waals surface area (Å²) in [6.07, 6.45) is 2.48. The smallest absolute Gasteiger partial charge is 0.224 e. The van der Waals surface area contributed by atoms with Gasteiger partial charge in [-0.1, -0.05) is 11.3 Å². The van der Waals surface area contributed by atoms with E-state index in [0.717, 1.165) is 16.8 Å². The molecule has 29 heavy (non-hydrogen) atoms. The van der Waals surface area contributed by atoms with Gasteiger partial charge in [-0.15, -0.1) is 5.10 Å². The molecule has 1 amide bonds. The maximum atomic E-state index is 12.4. The fraction of sp³-hybridized carbons (Fsp3) is 0.0952. The van der Waals surface area contributed by atoms with Crippen molar-refractivity contribution >= 4 is 28.6 Å². The molecule has 0 aliphatic rings. The zero-order valence-corrected chi connectivity index (χ0v) is 16.3. The summed E-state index contributed by atoms with van der Waals surface area (Å²) in [5.74, 6) is 0.0476. The minimum Gasteiger partial charge on any atom is -0.508 e.